The molecule has 1 unspecified atom stereocenters. The number of hydrogen-bond donors (Lipinski definition) is 0. The summed E-state index contributed by atoms with van der Waals surface area (Å²) in [4.78, 5) is 2.57. The molecule has 8 aromatic carbocycles. The topological polar surface area (TPSA) is 3.24 Å². The quantitative estimate of drug-likeness (QED) is 0.167. The summed E-state index contributed by atoms with van der Waals surface area (Å²) in [6, 6.07) is 72.4. The lowest BCUT2D eigenvalue weighted by molar-refractivity contribution is 0.0750. The fraction of sp³-hybridized carbons (Fsp3) is 0.250. The number of hydrogen-bond acceptors (Lipinski definition) is 1. The van der Waals surface area contributed by atoms with Crippen LogP contribution in [0.4, 0.5) is 17.1 Å². The minimum atomic E-state index is -0.429. The molecule has 0 aromatic heterocycles. The summed E-state index contributed by atoms with van der Waals surface area (Å²) in [7, 11) is 0. The molecule has 318 valence electrons. The number of benzene rings is 8. The monoisotopic (exact) mass is 839 g/mol. The lowest BCUT2D eigenvalue weighted by atomic mass is 9.49. The first-order valence-electron chi connectivity index (χ1n) is 24.4. The Morgan fingerprint density at radius 1 is 0.369 bits per heavy atom. The van der Waals surface area contributed by atoms with Gasteiger partial charge in [-0.15, -0.1) is 0 Å². The number of anilines is 3. The molecule has 0 heterocycles. The Balaban J connectivity index is 1.07. The number of rotatable bonds is 5. The van der Waals surface area contributed by atoms with Crippen molar-refractivity contribution in [1.82, 2.24) is 0 Å². The van der Waals surface area contributed by atoms with Crippen LogP contribution in [0.2, 0.25) is 0 Å². The molecular weight excluding hydrogens is 783 g/mol. The van der Waals surface area contributed by atoms with Gasteiger partial charge in [-0.2, -0.15) is 0 Å². The van der Waals surface area contributed by atoms with E-state index in [1.807, 2.05) is 0 Å². The second-order valence-electron chi connectivity index (χ2n) is 21.2. The Bertz CT molecular complexity index is 3110. The molecule has 0 N–H and O–H groups in total. The zero-order chi connectivity index (χ0) is 43.7. The summed E-state index contributed by atoms with van der Waals surface area (Å²) in [6.45, 7) is 9.98. The normalized spacial score (nSPS) is 23.4. The van der Waals surface area contributed by atoms with E-state index < -0.39 is 5.41 Å². The first kappa shape index (κ1) is 39.0. The molecule has 2 bridgehead atoms. The third kappa shape index (κ3) is 5.51. The average molecular weight is 840 g/mol. The van der Waals surface area contributed by atoms with Gasteiger partial charge in [0.1, 0.15) is 0 Å². The Kier molecular flexibility index (Phi) is 8.56. The van der Waals surface area contributed by atoms with Crippen LogP contribution in [0.15, 0.2) is 188 Å². The maximum absolute atomic E-state index is 2.67. The zero-order valence-corrected chi connectivity index (χ0v) is 38.2. The van der Waals surface area contributed by atoms with Crippen LogP contribution >= 0.6 is 0 Å². The molecule has 1 nitrogen and oxygen atoms in total. The second kappa shape index (κ2) is 14.3. The summed E-state index contributed by atoms with van der Waals surface area (Å²) >= 11 is 0. The van der Waals surface area contributed by atoms with Gasteiger partial charge in [-0.25, -0.2) is 0 Å². The third-order valence-corrected chi connectivity index (χ3v) is 17.3. The van der Waals surface area contributed by atoms with Gasteiger partial charge in [-0.05, 0) is 170 Å². The Morgan fingerprint density at radius 3 is 1.48 bits per heavy atom. The van der Waals surface area contributed by atoms with E-state index in [9.17, 15) is 0 Å². The van der Waals surface area contributed by atoms with Gasteiger partial charge < -0.3 is 4.90 Å². The second-order valence-corrected chi connectivity index (χ2v) is 21.2. The molecule has 1 spiro atoms. The van der Waals surface area contributed by atoms with Crippen molar-refractivity contribution in [3.63, 3.8) is 0 Å². The molecule has 5 aliphatic carbocycles. The van der Waals surface area contributed by atoms with Crippen LogP contribution in [0.3, 0.4) is 0 Å². The smallest absolute Gasteiger partial charge is 0.0719 e. The molecule has 0 amide bonds. The summed E-state index contributed by atoms with van der Waals surface area (Å²) in [5, 5.41) is 0. The molecule has 5 aliphatic rings. The molecule has 0 aliphatic heterocycles. The molecule has 0 radical (unpaired) electrons. The highest BCUT2D eigenvalue weighted by Gasteiger charge is 2.57. The van der Waals surface area contributed by atoms with Crippen LogP contribution in [0.25, 0.3) is 33.4 Å². The van der Waals surface area contributed by atoms with Gasteiger partial charge >= 0.3 is 0 Å². The maximum atomic E-state index is 2.67. The molecule has 13 rings (SSSR count). The van der Waals surface area contributed by atoms with Crippen molar-refractivity contribution in [2.24, 2.45) is 23.7 Å². The van der Waals surface area contributed by atoms with Crippen LogP contribution in [-0.4, -0.2) is 0 Å². The molecule has 2 saturated carbocycles. The van der Waals surface area contributed by atoms with Gasteiger partial charge in [0.15, 0.2) is 0 Å². The van der Waals surface area contributed by atoms with Crippen LogP contribution in [-0.2, 0) is 16.2 Å². The molecular formula is C64H57N. The van der Waals surface area contributed by atoms with E-state index in [2.05, 4.69) is 221 Å². The largest absolute Gasteiger partial charge is 0.310 e. The van der Waals surface area contributed by atoms with Crippen LogP contribution < -0.4 is 4.90 Å². The van der Waals surface area contributed by atoms with E-state index in [0.29, 0.717) is 5.92 Å². The van der Waals surface area contributed by atoms with E-state index in [0.717, 1.165) is 17.8 Å². The highest BCUT2D eigenvalue weighted by molar-refractivity contribution is 5.90. The van der Waals surface area contributed by atoms with Crippen molar-refractivity contribution in [2.45, 2.75) is 76.0 Å². The fourth-order valence-corrected chi connectivity index (χ4v) is 14.6. The van der Waals surface area contributed by atoms with Crippen LogP contribution in [0, 0.1) is 23.7 Å². The summed E-state index contributed by atoms with van der Waals surface area (Å²) < 4.78 is 0. The minimum Gasteiger partial charge on any atom is -0.310 e. The highest BCUT2D eigenvalue weighted by Crippen LogP contribution is 2.66. The van der Waals surface area contributed by atoms with E-state index >= 15 is 0 Å². The van der Waals surface area contributed by atoms with Gasteiger partial charge in [0.25, 0.3) is 0 Å². The number of fused-ring (bicyclic) bond motifs is 14. The SMILES string of the molecule is CC1C[C@@H]2C[C@H](C1)C[C@@H]([C@@]1(C)c3ccccc3C3(c4ccccc4-c4ccccc43)c3ccc(N(c4ccc(-c5ccccc5)cc4)c4ccc5c(c4)C(C)(C)c4ccccc4-5)cc31)C2. The van der Waals surface area contributed by atoms with E-state index in [4.69, 9.17) is 0 Å². The molecule has 1 heteroatoms. The minimum absolute atomic E-state index is 0.116. The van der Waals surface area contributed by atoms with Crippen molar-refractivity contribution in [3.05, 3.63) is 233 Å². The van der Waals surface area contributed by atoms with Crippen LogP contribution in [0.5, 0.6) is 0 Å². The van der Waals surface area contributed by atoms with Crippen molar-refractivity contribution in [3.8, 4) is 33.4 Å². The van der Waals surface area contributed by atoms with Crippen molar-refractivity contribution < 1.29 is 0 Å². The number of nitrogens with zero attached hydrogens (tertiary/aromatic N) is 1. The lowest BCUT2D eigenvalue weighted by Crippen LogP contribution is -2.48. The van der Waals surface area contributed by atoms with Gasteiger partial charge in [0, 0.05) is 27.9 Å². The first-order valence-corrected chi connectivity index (χ1v) is 24.4. The predicted molar refractivity (Wildman–Crippen MR) is 271 cm³/mol. The summed E-state index contributed by atoms with van der Waals surface area (Å²) in [5.41, 5.74) is 22.3. The highest BCUT2D eigenvalue weighted by atomic mass is 15.1. The van der Waals surface area contributed by atoms with E-state index in [-0.39, 0.29) is 10.8 Å². The Morgan fingerprint density at radius 2 is 0.831 bits per heavy atom. The van der Waals surface area contributed by atoms with Crippen molar-refractivity contribution >= 4 is 17.1 Å². The molecule has 8 aromatic rings. The zero-order valence-electron chi connectivity index (χ0n) is 38.2. The van der Waals surface area contributed by atoms with Crippen molar-refractivity contribution in [2.75, 3.05) is 4.90 Å². The van der Waals surface area contributed by atoms with Crippen molar-refractivity contribution in [1.29, 1.82) is 0 Å². The van der Waals surface area contributed by atoms with Gasteiger partial charge in [0.05, 0.1) is 5.41 Å². The first-order chi connectivity index (χ1) is 31.7. The molecule has 65 heavy (non-hydrogen) atoms. The predicted octanol–water partition coefficient (Wildman–Crippen LogP) is 16.6. The maximum Gasteiger partial charge on any atom is 0.0719 e. The van der Waals surface area contributed by atoms with Crippen LogP contribution in [0.1, 0.15) is 104 Å². The Labute approximate surface area is 385 Å². The fourth-order valence-electron chi connectivity index (χ4n) is 14.6. The van der Waals surface area contributed by atoms with Gasteiger partial charge in [0.2, 0.25) is 0 Å². The van der Waals surface area contributed by atoms with Gasteiger partial charge in [-0.1, -0.05) is 179 Å². The van der Waals surface area contributed by atoms with E-state index in [1.54, 1.807) is 0 Å². The average Bonchev–Trinajstić information content (AvgIpc) is 3.76. The molecule has 0 saturated heterocycles. The molecule has 5 atom stereocenters. The summed E-state index contributed by atoms with van der Waals surface area (Å²) in [6.07, 6.45) is 6.73. The molecule has 2 fully saturated rings. The Hall–Kier alpha value is -6.44. The standard InChI is InChI=1S/C64H57N/c1-41-34-42-36-43(35-41)38-46(37-42)63(4)57-24-14-15-25-58(57)64(55-22-12-9-19-51(55)52-20-10-13-23-56(52)64)59-33-31-49(40-61(59)63)65(47-28-26-45(27-29-47)44-16-6-5-7-17-44)48-30-32-53-50-18-8-11-21-54(50)62(2,3)60(53)39-48/h5-33,39-43,46H,34-38H2,1-4H3/t41?,42-,43+,46+,63-/m0/s1. The lowest BCUT2D eigenvalue weighted by Gasteiger charge is -2.54. The summed E-state index contributed by atoms with van der Waals surface area (Å²) in [5.74, 6) is 2.95. The third-order valence-electron chi connectivity index (χ3n) is 17.3. The van der Waals surface area contributed by atoms with Gasteiger partial charge in [-0.3, -0.25) is 0 Å². The van der Waals surface area contributed by atoms with E-state index in [1.165, 1.54) is 127 Å².